The number of hydrogen-bond donors (Lipinski definition) is 2. The molecular weight excluding hydrogens is 184 g/mol. The highest BCUT2D eigenvalue weighted by Crippen LogP contribution is 2.23. The van der Waals surface area contributed by atoms with Crippen LogP contribution in [0.1, 0.15) is 25.3 Å². The smallest absolute Gasteiger partial charge is 0.00747 e. The van der Waals surface area contributed by atoms with Gasteiger partial charge in [0.1, 0.15) is 0 Å². The van der Waals surface area contributed by atoms with Gasteiger partial charge in [-0.15, -0.1) is 0 Å². The summed E-state index contributed by atoms with van der Waals surface area (Å²) in [4.78, 5) is 0. The summed E-state index contributed by atoms with van der Waals surface area (Å²) in [6.45, 7) is 7.15. The molecule has 84 valence electrons. The predicted octanol–water partition coefficient (Wildman–Crippen LogP) is 1.97. The Bertz CT molecular complexity index is 256. The van der Waals surface area contributed by atoms with Crippen molar-refractivity contribution < 1.29 is 0 Å². The standard InChI is InChI=1S/C13H22N2/c1-11(2)13(10-15-9-8-14)12-6-4-3-5-7-12/h3-7,11,13,15H,8-10,14H2,1-2H3. The highest BCUT2D eigenvalue weighted by molar-refractivity contribution is 5.20. The first-order valence-electron chi connectivity index (χ1n) is 5.71. The molecule has 0 aliphatic carbocycles. The summed E-state index contributed by atoms with van der Waals surface area (Å²) in [7, 11) is 0. The Labute approximate surface area is 92.9 Å². The van der Waals surface area contributed by atoms with Crippen molar-refractivity contribution in [2.75, 3.05) is 19.6 Å². The highest BCUT2D eigenvalue weighted by atomic mass is 14.9. The number of hydrogen-bond acceptors (Lipinski definition) is 2. The average Bonchev–Trinajstić information content (AvgIpc) is 2.25. The summed E-state index contributed by atoms with van der Waals surface area (Å²) < 4.78 is 0. The molecule has 0 radical (unpaired) electrons. The largest absolute Gasteiger partial charge is 0.329 e. The Morgan fingerprint density at radius 1 is 1.20 bits per heavy atom. The van der Waals surface area contributed by atoms with Gasteiger partial charge in [0.15, 0.2) is 0 Å². The van der Waals surface area contributed by atoms with E-state index in [0.29, 0.717) is 18.4 Å². The maximum absolute atomic E-state index is 5.47. The third-order valence-electron chi connectivity index (χ3n) is 2.72. The van der Waals surface area contributed by atoms with Crippen molar-refractivity contribution in [2.24, 2.45) is 11.7 Å². The second kappa shape index (κ2) is 6.59. The quantitative estimate of drug-likeness (QED) is 0.698. The van der Waals surface area contributed by atoms with Crippen molar-refractivity contribution >= 4 is 0 Å². The molecule has 0 heterocycles. The fourth-order valence-corrected chi connectivity index (χ4v) is 1.80. The van der Waals surface area contributed by atoms with Crippen molar-refractivity contribution in [3.05, 3.63) is 35.9 Å². The number of nitrogens with two attached hydrogens (primary N) is 1. The molecule has 3 N–H and O–H groups in total. The lowest BCUT2D eigenvalue weighted by molar-refractivity contribution is 0.464. The third-order valence-corrected chi connectivity index (χ3v) is 2.72. The Morgan fingerprint density at radius 2 is 1.87 bits per heavy atom. The minimum Gasteiger partial charge on any atom is -0.329 e. The molecule has 1 unspecified atom stereocenters. The molecule has 2 nitrogen and oxygen atoms in total. The van der Waals surface area contributed by atoms with E-state index in [4.69, 9.17) is 5.73 Å². The van der Waals surface area contributed by atoms with Gasteiger partial charge in [-0.05, 0) is 17.4 Å². The molecule has 1 rings (SSSR count). The molecule has 0 bridgehead atoms. The molecule has 1 atom stereocenters. The number of benzene rings is 1. The fraction of sp³-hybridized carbons (Fsp3) is 0.538. The van der Waals surface area contributed by atoms with Crippen LogP contribution in [-0.4, -0.2) is 19.6 Å². The van der Waals surface area contributed by atoms with E-state index in [2.05, 4.69) is 49.5 Å². The molecule has 0 aliphatic heterocycles. The molecule has 1 aromatic rings. The SMILES string of the molecule is CC(C)C(CNCCN)c1ccccc1. The highest BCUT2D eigenvalue weighted by Gasteiger charge is 2.14. The monoisotopic (exact) mass is 206 g/mol. The van der Waals surface area contributed by atoms with Crippen molar-refractivity contribution in [3.63, 3.8) is 0 Å². The van der Waals surface area contributed by atoms with Crippen LogP contribution in [0.2, 0.25) is 0 Å². The lowest BCUT2D eigenvalue weighted by atomic mass is 9.88. The van der Waals surface area contributed by atoms with Crippen LogP contribution in [0.5, 0.6) is 0 Å². The Hall–Kier alpha value is -0.860. The second-order valence-corrected chi connectivity index (χ2v) is 4.25. The van der Waals surface area contributed by atoms with E-state index < -0.39 is 0 Å². The van der Waals surface area contributed by atoms with Gasteiger partial charge in [0.05, 0.1) is 0 Å². The van der Waals surface area contributed by atoms with Gasteiger partial charge in [0, 0.05) is 19.6 Å². The van der Waals surface area contributed by atoms with E-state index in [1.165, 1.54) is 5.56 Å². The molecule has 0 saturated carbocycles. The molecule has 15 heavy (non-hydrogen) atoms. The Kier molecular flexibility index (Phi) is 5.37. The molecule has 0 aromatic heterocycles. The van der Waals surface area contributed by atoms with Gasteiger partial charge in [0.25, 0.3) is 0 Å². The molecular formula is C13H22N2. The van der Waals surface area contributed by atoms with E-state index in [1.54, 1.807) is 0 Å². The van der Waals surface area contributed by atoms with Gasteiger partial charge < -0.3 is 11.1 Å². The molecule has 0 amide bonds. The summed E-state index contributed by atoms with van der Waals surface area (Å²) >= 11 is 0. The van der Waals surface area contributed by atoms with Crippen LogP contribution >= 0.6 is 0 Å². The van der Waals surface area contributed by atoms with Crippen LogP contribution in [0.15, 0.2) is 30.3 Å². The fourth-order valence-electron chi connectivity index (χ4n) is 1.80. The van der Waals surface area contributed by atoms with E-state index in [0.717, 1.165) is 13.1 Å². The van der Waals surface area contributed by atoms with Crippen LogP contribution in [-0.2, 0) is 0 Å². The normalized spacial score (nSPS) is 13.1. The topological polar surface area (TPSA) is 38.0 Å². The lowest BCUT2D eigenvalue weighted by Crippen LogP contribution is -2.29. The van der Waals surface area contributed by atoms with Crippen LogP contribution in [0.25, 0.3) is 0 Å². The van der Waals surface area contributed by atoms with Crippen LogP contribution in [0.3, 0.4) is 0 Å². The zero-order valence-corrected chi connectivity index (χ0v) is 9.74. The van der Waals surface area contributed by atoms with E-state index in [9.17, 15) is 0 Å². The molecule has 0 spiro atoms. The van der Waals surface area contributed by atoms with Gasteiger partial charge in [-0.25, -0.2) is 0 Å². The zero-order chi connectivity index (χ0) is 11.1. The van der Waals surface area contributed by atoms with Gasteiger partial charge in [-0.3, -0.25) is 0 Å². The molecule has 0 saturated heterocycles. The predicted molar refractivity (Wildman–Crippen MR) is 65.9 cm³/mol. The summed E-state index contributed by atoms with van der Waals surface area (Å²) in [5.41, 5.74) is 6.88. The maximum atomic E-state index is 5.47. The van der Waals surface area contributed by atoms with Gasteiger partial charge in [-0.1, -0.05) is 44.2 Å². The lowest BCUT2D eigenvalue weighted by Gasteiger charge is -2.21. The Morgan fingerprint density at radius 3 is 2.40 bits per heavy atom. The van der Waals surface area contributed by atoms with Crippen LogP contribution < -0.4 is 11.1 Å². The van der Waals surface area contributed by atoms with Gasteiger partial charge >= 0.3 is 0 Å². The van der Waals surface area contributed by atoms with E-state index in [1.807, 2.05) is 0 Å². The molecule has 1 aromatic carbocycles. The zero-order valence-electron chi connectivity index (χ0n) is 9.74. The third kappa shape index (κ3) is 4.02. The van der Waals surface area contributed by atoms with E-state index in [-0.39, 0.29) is 0 Å². The summed E-state index contributed by atoms with van der Waals surface area (Å²) in [5.74, 6) is 1.23. The minimum absolute atomic E-state index is 0.581. The van der Waals surface area contributed by atoms with E-state index >= 15 is 0 Å². The van der Waals surface area contributed by atoms with Gasteiger partial charge in [-0.2, -0.15) is 0 Å². The van der Waals surface area contributed by atoms with Crippen molar-refractivity contribution in [2.45, 2.75) is 19.8 Å². The summed E-state index contributed by atoms with van der Waals surface area (Å²) in [5, 5.41) is 3.39. The van der Waals surface area contributed by atoms with Crippen molar-refractivity contribution in [1.29, 1.82) is 0 Å². The van der Waals surface area contributed by atoms with Crippen molar-refractivity contribution in [1.82, 2.24) is 5.32 Å². The molecule has 0 aliphatic rings. The first kappa shape index (κ1) is 12.2. The minimum atomic E-state index is 0.581. The maximum Gasteiger partial charge on any atom is 0.00747 e. The molecule has 0 fully saturated rings. The van der Waals surface area contributed by atoms with Crippen LogP contribution in [0, 0.1) is 5.92 Å². The summed E-state index contributed by atoms with van der Waals surface area (Å²) in [6.07, 6.45) is 0. The molecule has 2 heteroatoms. The van der Waals surface area contributed by atoms with Crippen LogP contribution in [0.4, 0.5) is 0 Å². The average molecular weight is 206 g/mol. The first-order chi connectivity index (χ1) is 7.25. The first-order valence-corrected chi connectivity index (χ1v) is 5.71. The number of rotatable bonds is 6. The summed E-state index contributed by atoms with van der Waals surface area (Å²) in [6, 6.07) is 10.7. The van der Waals surface area contributed by atoms with Crippen molar-refractivity contribution in [3.8, 4) is 0 Å². The number of nitrogens with one attached hydrogen (secondary N) is 1. The second-order valence-electron chi connectivity index (χ2n) is 4.25. The Balaban J connectivity index is 2.58. The van der Waals surface area contributed by atoms with Gasteiger partial charge in [0.2, 0.25) is 0 Å².